The SMILES string of the molecule is COc1ccc(OCC2CC2)c(-c2ncnc3c(C(=O)N[C@@H]4CCN(C(=O)O)C(C(C)(C)C)[C@@H]4O)c(C)[nH]c23)c1. The molecule has 4 N–H and O–H groups in total. The summed E-state index contributed by atoms with van der Waals surface area (Å²) in [6, 6.07) is 4.26. The molecule has 2 aliphatic rings. The van der Waals surface area contributed by atoms with E-state index in [4.69, 9.17) is 9.47 Å². The molecule has 0 spiro atoms. The largest absolute Gasteiger partial charge is 0.497 e. The van der Waals surface area contributed by atoms with Gasteiger partial charge < -0.3 is 34.9 Å². The van der Waals surface area contributed by atoms with E-state index in [9.17, 15) is 19.8 Å². The van der Waals surface area contributed by atoms with Crippen LogP contribution in [0, 0.1) is 18.3 Å². The van der Waals surface area contributed by atoms with Crippen LogP contribution in [-0.4, -0.2) is 80.5 Å². The monoisotopic (exact) mass is 551 g/mol. The molecule has 1 aliphatic carbocycles. The third-order valence-corrected chi connectivity index (χ3v) is 7.81. The fraction of sp³-hybridized carbons (Fsp3) is 0.517. The van der Waals surface area contributed by atoms with Gasteiger partial charge in [-0.2, -0.15) is 0 Å². The van der Waals surface area contributed by atoms with Gasteiger partial charge in [-0.25, -0.2) is 14.8 Å². The van der Waals surface area contributed by atoms with Crippen LogP contribution < -0.4 is 14.8 Å². The lowest BCUT2D eigenvalue weighted by Crippen LogP contribution is -2.64. The van der Waals surface area contributed by atoms with Crippen molar-refractivity contribution < 1.29 is 29.3 Å². The molecule has 11 nitrogen and oxygen atoms in total. The van der Waals surface area contributed by atoms with E-state index in [1.807, 2.05) is 39.0 Å². The minimum Gasteiger partial charge on any atom is -0.497 e. The first-order valence-electron chi connectivity index (χ1n) is 13.6. The highest BCUT2D eigenvalue weighted by Crippen LogP contribution is 2.38. The zero-order valence-corrected chi connectivity index (χ0v) is 23.5. The second-order valence-electron chi connectivity index (χ2n) is 11.8. The van der Waals surface area contributed by atoms with Gasteiger partial charge in [-0.15, -0.1) is 0 Å². The smallest absolute Gasteiger partial charge is 0.407 e. The summed E-state index contributed by atoms with van der Waals surface area (Å²) in [5.74, 6) is 1.49. The van der Waals surface area contributed by atoms with E-state index in [-0.39, 0.29) is 6.54 Å². The number of methoxy groups -OCH3 is 1. The Morgan fingerprint density at radius 2 is 1.95 bits per heavy atom. The van der Waals surface area contributed by atoms with Crippen LogP contribution in [0.4, 0.5) is 4.79 Å². The summed E-state index contributed by atoms with van der Waals surface area (Å²) < 4.78 is 11.6. The van der Waals surface area contributed by atoms with E-state index < -0.39 is 35.6 Å². The first kappa shape index (κ1) is 27.7. The molecule has 1 unspecified atom stereocenters. The minimum atomic E-state index is -1.08. The summed E-state index contributed by atoms with van der Waals surface area (Å²) in [6.45, 7) is 8.26. The van der Waals surface area contributed by atoms with Crippen molar-refractivity contribution in [2.24, 2.45) is 11.3 Å². The third kappa shape index (κ3) is 5.30. The fourth-order valence-electron chi connectivity index (χ4n) is 5.63. The van der Waals surface area contributed by atoms with Crippen LogP contribution in [0.1, 0.15) is 56.1 Å². The molecule has 5 rings (SSSR count). The van der Waals surface area contributed by atoms with E-state index in [2.05, 4.69) is 20.3 Å². The van der Waals surface area contributed by atoms with E-state index in [1.54, 1.807) is 14.0 Å². The molecule has 1 aliphatic heterocycles. The number of aliphatic hydroxyl groups excluding tert-OH is 1. The van der Waals surface area contributed by atoms with Crippen LogP contribution in [-0.2, 0) is 0 Å². The van der Waals surface area contributed by atoms with E-state index >= 15 is 0 Å². The van der Waals surface area contributed by atoms with Gasteiger partial charge in [0.25, 0.3) is 5.91 Å². The maximum absolute atomic E-state index is 13.6. The maximum atomic E-state index is 13.6. The molecule has 1 saturated carbocycles. The first-order valence-corrected chi connectivity index (χ1v) is 13.6. The molecule has 3 atom stereocenters. The van der Waals surface area contributed by atoms with Crippen LogP contribution in [0.5, 0.6) is 11.5 Å². The van der Waals surface area contributed by atoms with Gasteiger partial charge in [0, 0.05) is 17.8 Å². The average molecular weight is 552 g/mol. The quantitative estimate of drug-likeness (QED) is 0.344. The molecule has 1 aromatic carbocycles. The first-order chi connectivity index (χ1) is 19.0. The van der Waals surface area contributed by atoms with Crippen LogP contribution in [0.15, 0.2) is 24.5 Å². The minimum absolute atomic E-state index is 0.206. The number of aromatic amines is 1. The normalized spacial score (nSPS) is 21.4. The van der Waals surface area contributed by atoms with Crippen molar-refractivity contribution in [3.63, 3.8) is 0 Å². The number of carbonyl (C=O) groups excluding carboxylic acids is 1. The van der Waals surface area contributed by atoms with Gasteiger partial charge in [0.2, 0.25) is 0 Å². The molecule has 0 bridgehead atoms. The Kier molecular flexibility index (Phi) is 7.34. The summed E-state index contributed by atoms with van der Waals surface area (Å²) >= 11 is 0. The Morgan fingerprint density at radius 1 is 1.20 bits per heavy atom. The Balaban J connectivity index is 1.47. The van der Waals surface area contributed by atoms with Crippen LogP contribution in [0.3, 0.4) is 0 Å². The number of ether oxygens (including phenoxy) is 2. The van der Waals surface area contributed by atoms with Crippen molar-refractivity contribution >= 4 is 23.0 Å². The lowest BCUT2D eigenvalue weighted by atomic mass is 9.77. The molecule has 0 radical (unpaired) electrons. The van der Waals surface area contributed by atoms with Gasteiger partial charge in [0.15, 0.2) is 0 Å². The van der Waals surface area contributed by atoms with E-state index in [0.29, 0.717) is 58.4 Å². The number of hydrogen-bond donors (Lipinski definition) is 4. The molecule has 214 valence electrons. The fourth-order valence-corrected chi connectivity index (χ4v) is 5.63. The maximum Gasteiger partial charge on any atom is 0.407 e. The van der Waals surface area contributed by atoms with E-state index in [1.165, 1.54) is 11.2 Å². The number of aryl methyl sites for hydroxylation is 1. The van der Waals surface area contributed by atoms with Crippen LogP contribution in [0.2, 0.25) is 0 Å². The van der Waals surface area contributed by atoms with Crippen molar-refractivity contribution in [2.45, 2.75) is 65.1 Å². The highest BCUT2D eigenvalue weighted by molar-refractivity contribution is 6.09. The Bertz CT molecular complexity index is 1430. The van der Waals surface area contributed by atoms with Crippen molar-refractivity contribution in [1.82, 2.24) is 25.2 Å². The number of piperidine rings is 1. The summed E-state index contributed by atoms with van der Waals surface area (Å²) in [7, 11) is 1.60. The molecular formula is C29H37N5O6. The molecule has 2 fully saturated rings. The molecule has 1 saturated heterocycles. The average Bonchev–Trinajstić information content (AvgIpc) is 3.67. The highest BCUT2D eigenvalue weighted by atomic mass is 16.5. The molecule has 3 heterocycles. The number of fused-ring (bicyclic) bond motifs is 1. The Hall–Kier alpha value is -3.86. The predicted octanol–water partition coefficient (Wildman–Crippen LogP) is 3.99. The molecule has 2 aromatic heterocycles. The zero-order chi connectivity index (χ0) is 28.8. The molecule has 40 heavy (non-hydrogen) atoms. The number of rotatable bonds is 7. The summed E-state index contributed by atoms with van der Waals surface area (Å²) in [4.78, 5) is 39.0. The standard InChI is InChI=1S/C29H37N5O6/c1-15-21(27(36)33-19-10-11-34(28(37)38)26(25(19)35)29(2,3)4)23-24(32-15)22(30-14-31-23)18-12-17(39-5)8-9-20(18)40-13-16-6-7-16/h8-9,12,14,16,19,25-26,32,35H,6-7,10-11,13H2,1-5H3,(H,33,36)(H,37,38)/t19-,25-,26?/m1/s1. The third-order valence-electron chi connectivity index (χ3n) is 7.81. The number of benzene rings is 1. The zero-order valence-electron chi connectivity index (χ0n) is 23.5. The highest BCUT2D eigenvalue weighted by Gasteiger charge is 2.46. The number of aliphatic hydroxyl groups is 1. The predicted molar refractivity (Wildman–Crippen MR) is 149 cm³/mol. The van der Waals surface area contributed by atoms with Crippen molar-refractivity contribution in [2.75, 3.05) is 20.3 Å². The van der Waals surface area contributed by atoms with Gasteiger partial charge in [-0.3, -0.25) is 4.79 Å². The van der Waals surface area contributed by atoms with Gasteiger partial charge in [0.05, 0.1) is 43.0 Å². The van der Waals surface area contributed by atoms with Gasteiger partial charge in [-0.1, -0.05) is 20.8 Å². The second-order valence-corrected chi connectivity index (χ2v) is 11.8. The number of H-pyrrole nitrogens is 1. The molecular weight excluding hydrogens is 514 g/mol. The van der Waals surface area contributed by atoms with Gasteiger partial charge >= 0.3 is 6.09 Å². The number of carbonyl (C=O) groups is 2. The van der Waals surface area contributed by atoms with Crippen molar-refractivity contribution in [3.8, 4) is 22.8 Å². The lowest BCUT2D eigenvalue weighted by molar-refractivity contribution is -0.0470. The molecule has 11 heteroatoms. The Labute approximate surface area is 232 Å². The summed E-state index contributed by atoms with van der Waals surface area (Å²) in [6.07, 6.45) is 1.88. The van der Waals surface area contributed by atoms with Crippen LogP contribution in [0.25, 0.3) is 22.3 Å². The lowest BCUT2D eigenvalue weighted by Gasteiger charge is -2.47. The molecule has 3 aromatic rings. The van der Waals surface area contributed by atoms with Crippen molar-refractivity contribution in [1.29, 1.82) is 0 Å². The second kappa shape index (κ2) is 10.6. The van der Waals surface area contributed by atoms with Crippen molar-refractivity contribution in [3.05, 3.63) is 35.8 Å². The number of likely N-dealkylation sites (tertiary alicyclic amines) is 1. The van der Waals surface area contributed by atoms with Gasteiger partial charge in [0.1, 0.15) is 29.0 Å². The Morgan fingerprint density at radius 3 is 2.60 bits per heavy atom. The van der Waals surface area contributed by atoms with E-state index in [0.717, 1.165) is 18.4 Å². The molecule has 2 amide bonds. The number of nitrogens with one attached hydrogen (secondary N) is 2. The number of nitrogens with zero attached hydrogens (tertiary/aromatic N) is 3. The number of amides is 2. The number of carboxylic acid groups (broad SMARTS) is 1. The number of aromatic nitrogens is 3. The van der Waals surface area contributed by atoms with Crippen LogP contribution >= 0.6 is 0 Å². The summed E-state index contributed by atoms with van der Waals surface area (Å²) in [5.41, 5.74) is 2.76. The number of hydrogen-bond acceptors (Lipinski definition) is 7. The topological polar surface area (TPSA) is 150 Å². The summed E-state index contributed by atoms with van der Waals surface area (Å²) in [5, 5.41) is 23.9. The van der Waals surface area contributed by atoms with Gasteiger partial charge in [-0.05, 0) is 55.7 Å².